The van der Waals surface area contributed by atoms with Crippen molar-refractivity contribution >= 4 is 0 Å². The summed E-state index contributed by atoms with van der Waals surface area (Å²) in [7, 11) is 0. The quantitative estimate of drug-likeness (QED) is 0.597. The van der Waals surface area contributed by atoms with Gasteiger partial charge in [-0.2, -0.15) is 0 Å². The van der Waals surface area contributed by atoms with E-state index in [4.69, 9.17) is 4.74 Å². The van der Waals surface area contributed by atoms with Gasteiger partial charge in [0.15, 0.2) is 0 Å². The van der Waals surface area contributed by atoms with E-state index in [-0.39, 0.29) is 0 Å². The minimum atomic E-state index is 0.625. The first-order chi connectivity index (χ1) is 7.07. The minimum Gasteiger partial charge on any atom is -0.381 e. The van der Waals surface area contributed by atoms with E-state index in [1.807, 2.05) is 0 Å². The Morgan fingerprint density at radius 2 is 1.80 bits per heavy atom. The molecule has 15 heavy (non-hydrogen) atoms. The first-order valence-electron chi connectivity index (χ1n) is 6.39. The summed E-state index contributed by atoms with van der Waals surface area (Å²) in [6.45, 7) is 14.0. The van der Waals surface area contributed by atoms with Crippen LogP contribution in [0.2, 0.25) is 0 Å². The lowest BCUT2D eigenvalue weighted by Crippen LogP contribution is -2.33. The normalized spacial score (nSPS) is 15.6. The molecular weight excluding hydrogens is 186 g/mol. The minimum absolute atomic E-state index is 0.625. The highest BCUT2D eigenvalue weighted by atomic mass is 16.5. The van der Waals surface area contributed by atoms with Crippen molar-refractivity contribution in [3.05, 3.63) is 0 Å². The van der Waals surface area contributed by atoms with Crippen molar-refractivity contribution in [3.63, 3.8) is 0 Å². The van der Waals surface area contributed by atoms with Crippen LogP contribution in [0.5, 0.6) is 0 Å². The van der Waals surface area contributed by atoms with Gasteiger partial charge in [-0.3, -0.25) is 0 Å². The van der Waals surface area contributed by atoms with Crippen molar-refractivity contribution in [1.82, 2.24) is 5.32 Å². The molecule has 2 nitrogen and oxygen atoms in total. The third-order valence-electron chi connectivity index (χ3n) is 2.88. The van der Waals surface area contributed by atoms with Gasteiger partial charge in [0.05, 0.1) is 0 Å². The highest BCUT2D eigenvalue weighted by molar-refractivity contribution is 4.66. The van der Waals surface area contributed by atoms with Crippen LogP contribution in [0.25, 0.3) is 0 Å². The Morgan fingerprint density at radius 3 is 2.33 bits per heavy atom. The van der Waals surface area contributed by atoms with Gasteiger partial charge in [-0.1, -0.05) is 34.1 Å². The summed E-state index contributed by atoms with van der Waals surface area (Å²) in [5.41, 5.74) is 0. The van der Waals surface area contributed by atoms with E-state index in [9.17, 15) is 0 Å². The highest BCUT2D eigenvalue weighted by Gasteiger charge is 2.08. The van der Waals surface area contributed by atoms with Crippen molar-refractivity contribution in [1.29, 1.82) is 0 Å². The summed E-state index contributed by atoms with van der Waals surface area (Å²) in [5.74, 6) is 1.42. The van der Waals surface area contributed by atoms with E-state index in [0.717, 1.165) is 32.1 Å². The van der Waals surface area contributed by atoms with Gasteiger partial charge < -0.3 is 10.1 Å². The fourth-order valence-corrected chi connectivity index (χ4v) is 1.38. The van der Waals surface area contributed by atoms with Crippen LogP contribution in [-0.2, 0) is 4.74 Å². The molecule has 0 aromatic carbocycles. The molecule has 0 saturated carbocycles. The maximum Gasteiger partial charge on any atom is 0.0489 e. The zero-order chi connectivity index (χ0) is 11.7. The number of hydrogen-bond donors (Lipinski definition) is 1. The lowest BCUT2D eigenvalue weighted by atomic mass is 10.0. The number of rotatable bonds is 9. The monoisotopic (exact) mass is 215 g/mol. The standard InChI is InChI=1S/C13H29NO/c1-6-12(4)13(5)14-8-7-9-15-10-11(2)3/h11-14H,6-10H2,1-5H3. The van der Waals surface area contributed by atoms with E-state index in [1.54, 1.807) is 0 Å². The molecule has 0 radical (unpaired) electrons. The second-order valence-electron chi connectivity index (χ2n) is 4.95. The summed E-state index contributed by atoms with van der Waals surface area (Å²) in [5, 5.41) is 3.54. The second kappa shape index (κ2) is 9.17. The Bertz CT molecular complexity index is 136. The van der Waals surface area contributed by atoms with E-state index < -0.39 is 0 Å². The highest BCUT2D eigenvalue weighted by Crippen LogP contribution is 2.06. The van der Waals surface area contributed by atoms with Crippen LogP contribution in [0.4, 0.5) is 0 Å². The average molecular weight is 215 g/mol. The molecule has 0 aromatic rings. The third kappa shape index (κ3) is 8.88. The molecule has 0 heterocycles. The fraction of sp³-hybridized carbons (Fsp3) is 1.00. The fourth-order valence-electron chi connectivity index (χ4n) is 1.38. The van der Waals surface area contributed by atoms with Crippen molar-refractivity contribution in [3.8, 4) is 0 Å². The molecule has 92 valence electrons. The zero-order valence-corrected chi connectivity index (χ0v) is 11.2. The van der Waals surface area contributed by atoms with E-state index in [1.165, 1.54) is 6.42 Å². The molecule has 0 aromatic heterocycles. The van der Waals surface area contributed by atoms with E-state index in [0.29, 0.717) is 12.0 Å². The summed E-state index contributed by atoms with van der Waals surface area (Å²) in [4.78, 5) is 0. The van der Waals surface area contributed by atoms with Gasteiger partial charge >= 0.3 is 0 Å². The molecule has 2 heteroatoms. The molecule has 0 aliphatic rings. The summed E-state index contributed by atoms with van der Waals surface area (Å²) in [6, 6.07) is 0.625. The van der Waals surface area contributed by atoms with Crippen LogP contribution in [0.3, 0.4) is 0 Å². The Labute approximate surface area is 95.8 Å². The molecule has 0 saturated heterocycles. The lowest BCUT2D eigenvalue weighted by Gasteiger charge is -2.19. The molecule has 0 rings (SSSR count). The molecule has 0 bridgehead atoms. The molecule has 0 aliphatic carbocycles. The molecular formula is C13H29NO. The largest absolute Gasteiger partial charge is 0.381 e. The molecule has 1 N–H and O–H groups in total. The van der Waals surface area contributed by atoms with Gasteiger partial charge in [0.25, 0.3) is 0 Å². The zero-order valence-electron chi connectivity index (χ0n) is 11.2. The van der Waals surface area contributed by atoms with Crippen LogP contribution in [-0.4, -0.2) is 25.8 Å². The summed E-state index contributed by atoms with van der Waals surface area (Å²) < 4.78 is 5.52. The van der Waals surface area contributed by atoms with Gasteiger partial charge in [-0.25, -0.2) is 0 Å². The number of ether oxygens (including phenoxy) is 1. The Balaban J connectivity index is 3.23. The molecule has 0 fully saturated rings. The van der Waals surface area contributed by atoms with Gasteiger partial charge in [0.1, 0.15) is 0 Å². The van der Waals surface area contributed by atoms with E-state index >= 15 is 0 Å². The van der Waals surface area contributed by atoms with Crippen molar-refractivity contribution in [2.75, 3.05) is 19.8 Å². The molecule has 2 unspecified atom stereocenters. The molecule has 2 atom stereocenters. The first-order valence-corrected chi connectivity index (χ1v) is 6.39. The van der Waals surface area contributed by atoms with Crippen LogP contribution in [0.1, 0.15) is 47.5 Å². The van der Waals surface area contributed by atoms with Crippen molar-refractivity contribution in [2.24, 2.45) is 11.8 Å². The third-order valence-corrected chi connectivity index (χ3v) is 2.88. The van der Waals surface area contributed by atoms with Crippen LogP contribution in [0, 0.1) is 11.8 Å². The van der Waals surface area contributed by atoms with Crippen molar-refractivity contribution in [2.45, 2.75) is 53.5 Å². The summed E-state index contributed by atoms with van der Waals surface area (Å²) in [6.07, 6.45) is 2.37. The van der Waals surface area contributed by atoms with E-state index in [2.05, 4.69) is 39.9 Å². The van der Waals surface area contributed by atoms with Gasteiger partial charge in [-0.15, -0.1) is 0 Å². The maximum absolute atomic E-state index is 5.52. The number of nitrogens with one attached hydrogen (secondary N) is 1. The van der Waals surface area contributed by atoms with Gasteiger partial charge in [0, 0.05) is 19.3 Å². The molecule has 0 aliphatic heterocycles. The smallest absolute Gasteiger partial charge is 0.0489 e. The molecule has 0 spiro atoms. The SMILES string of the molecule is CCC(C)C(C)NCCCOCC(C)C. The van der Waals surface area contributed by atoms with Gasteiger partial charge in [-0.05, 0) is 31.7 Å². The maximum atomic E-state index is 5.52. The summed E-state index contributed by atoms with van der Waals surface area (Å²) >= 11 is 0. The predicted molar refractivity (Wildman–Crippen MR) is 67.2 cm³/mol. The van der Waals surface area contributed by atoms with Crippen molar-refractivity contribution < 1.29 is 4.74 Å². The van der Waals surface area contributed by atoms with Crippen LogP contribution >= 0.6 is 0 Å². The average Bonchev–Trinajstić information content (AvgIpc) is 2.21. The Morgan fingerprint density at radius 1 is 1.13 bits per heavy atom. The van der Waals surface area contributed by atoms with Crippen LogP contribution in [0.15, 0.2) is 0 Å². The lowest BCUT2D eigenvalue weighted by molar-refractivity contribution is 0.107. The van der Waals surface area contributed by atoms with Gasteiger partial charge in [0.2, 0.25) is 0 Å². The Hall–Kier alpha value is -0.0800. The Kier molecular flexibility index (Phi) is 9.12. The predicted octanol–water partition coefficient (Wildman–Crippen LogP) is 3.07. The first kappa shape index (κ1) is 14.9. The topological polar surface area (TPSA) is 21.3 Å². The van der Waals surface area contributed by atoms with Crippen LogP contribution < -0.4 is 5.32 Å². The number of hydrogen-bond acceptors (Lipinski definition) is 2. The second-order valence-corrected chi connectivity index (χ2v) is 4.95. The molecule has 0 amide bonds.